The molecule has 1 atom stereocenters. The number of benzene rings is 1. The quantitative estimate of drug-likeness (QED) is 0.638. The van der Waals surface area contributed by atoms with E-state index in [1.807, 2.05) is 6.07 Å². The van der Waals surface area contributed by atoms with Crippen molar-refractivity contribution >= 4 is 0 Å². The predicted molar refractivity (Wildman–Crippen MR) is 71.0 cm³/mol. The molecule has 4 nitrogen and oxygen atoms in total. The number of ether oxygens (including phenoxy) is 1. The van der Waals surface area contributed by atoms with E-state index in [1.54, 1.807) is 31.5 Å². The van der Waals surface area contributed by atoms with Crippen molar-refractivity contribution in [1.29, 1.82) is 0 Å². The van der Waals surface area contributed by atoms with Gasteiger partial charge in [-0.15, -0.1) is 0 Å². The Hall–Kier alpha value is -1.98. The molecular weight excluding hydrogens is 245 g/mol. The third kappa shape index (κ3) is 3.49. The summed E-state index contributed by atoms with van der Waals surface area (Å²) in [7, 11) is 1.57. The lowest BCUT2D eigenvalue weighted by Gasteiger charge is -2.16. The van der Waals surface area contributed by atoms with Gasteiger partial charge in [0.2, 0.25) is 5.88 Å². The first-order chi connectivity index (χ1) is 9.22. The molecule has 1 aromatic heterocycles. The highest BCUT2D eigenvalue weighted by Crippen LogP contribution is 2.18. The normalized spacial score (nSPS) is 12.2. The van der Waals surface area contributed by atoms with E-state index >= 15 is 0 Å². The van der Waals surface area contributed by atoms with Gasteiger partial charge >= 0.3 is 0 Å². The van der Waals surface area contributed by atoms with Crippen LogP contribution < -0.4 is 16.0 Å². The highest BCUT2D eigenvalue weighted by molar-refractivity contribution is 5.24. The molecule has 0 aliphatic rings. The van der Waals surface area contributed by atoms with Crippen molar-refractivity contribution in [3.8, 4) is 5.88 Å². The summed E-state index contributed by atoms with van der Waals surface area (Å²) < 4.78 is 17.9. The highest BCUT2D eigenvalue weighted by atomic mass is 19.1. The SMILES string of the molecule is COc1ccc(CC(NN)c2ccc(F)cc2)cn1. The summed E-state index contributed by atoms with van der Waals surface area (Å²) in [5, 5.41) is 0. The van der Waals surface area contributed by atoms with Gasteiger partial charge in [0, 0.05) is 12.3 Å². The number of hydrogen-bond acceptors (Lipinski definition) is 4. The molecule has 0 fully saturated rings. The van der Waals surface area contributed by atoms with Gasteiger partial charge in [0.15, 0.2) is 0 Å². The first-order valence-corrected chi connectivity index (χ1v) is 5.93. The summed E-state index contributed by atoms with van der Waals surface area (Å²) in [4.78, 5) is 4.14. The molecule has 3 N–H and O–H groups in total. The van der Waals surface area contributed by atoms with Gasteiger partial charge in [-0.05, 0) is 29.7 Å². The van der Waals surface area contributed by atoms with Crippen molar-refractivity contribution in [2.75, 3.05) is 7.11 Å². The molecule has 0 amide bonds. The number of nitrogens with one attached hydrogen (secondary N) is 1. The van der Waals surface area contributed by atoms with Crippen LogP contribution in [0.4, 0.5) is 4.39 Å². The second-order valence-electron chi connectivity index (χ2n) is 4.18. The van der Waals surface area contributed by atoms with Crippen LogP contribution in [0.25, 0.3) is 0 Å². The molecule has 100 valence electrons. The number of nitrogens with zero attached hydrogens (tertiary/aromatic N) is 1. The minimum absolute atomic E-state index is 0.0872. The molecule has 19 heavy (non-hydrogen) atoms. The van der Waals surface area contributed by atoms with Crippen LogP contribution in [0, 0.1) is 5.82 Å². The predicted octanol–water partition coefficient (Wildman–Crippen LogP) is 1.98. The Labute approximate surface area is 111 Å². The molecule has 1 aromatic carbocycles. The Morgan fingerprint density at radius 2 is 2.00 bits per heavy atom. The fourth-order valence-electron chi connectivity index (χ4n) is 1.86. The molecule has 0 bridgehead atoms. The molecule has 2 rings (SSSR count). The van der Waals surface area contributed by atoms with Gasteiger partial charge in [-0.2, -0.15) is 0 Å². The maximum atomic E-state index is 12.9. The summed E-state index contributed by atoms with van der Waals surface area (Å²) >= 11 is 0. The lowest BCUT2D eigenvalue weighted by molar-refractivity contribution is 0.397. The molecule has 0 aliphatic heterocycles. The van der Waals surface area contributed by atoms with Crippen molar-refractivity contribution in [3.63, 3.8) is 0 Å². The fraction of sp³-hybridized carbons (Fsp3) is 0.214. The van der Waals surface area contributed by atoms with Gasteiger partial charge < -0.3 is 4.74 Å². The molecule has 1 unspecified atom stereocenters. The summed E-state index contributed by atoms with van der Waals surface area (Å²) in [6.45, 7) is 0. The van der Waals surface area contributed by atoms with Crippen LogP contribution in [-0.2, 0) is 6.42 Å². The van der Waals surface area contributed by atoms with Crippen LogP contribution in [0.1, 0.15) is 17.2 Å². The average Bonchev–Trinajstić information content (AvgIpc) is 2.46. The smallest absolute Gasteiger partial charge is 0.212 e. The number of pyridine rings is 1. The number of rotatable bonds is 5. The molecule has 0 radical (unpaired) electrons. The van der Waals surface area contributed by atoms with E-state index in [9.17, 15) is 4.39 Å². The molecule has 0 spiro atoms. The largest absolute Gasteiger partial charge is 0.481 e. The van der Waals surface area contributed by atoms with E-state index in [2.05, 4.69) is 10.4 Å². The number of hydrogen-bond donors (Lipinski definition) is 2. The van der Waals surface area contributed by atoms with Crippen molar-refractivity contribution in [2.24, 2.45) is 5.84 Å². The standard InChI is InChI=1S/C14H16FN3O/c1-19-14-7-2-10(9-17-14)8-13(18-16)11-3-5-12(15)6-4-11/h2-7,9,13,18H,8,16H2,1H3. The Kier molecular flexibility index (Phi) is 4.43. The zero-order valence-electron chi connectivity index (χ0n) is 10.6. The Morgan fingerprint density at radius 1 is 1.26 bits per heavy atom. The molecule has 0 aliphatic carbocycles. The summed E-state index contributed by atoms with van der Waals surface area (Å²) in [5.41, 5.74) is 4.69. The van der Waals surface area contributed by atoms with Gasteiger partial charge in [0.1, 0.15) is 5.82 Å². The number of nitrogens with two attached hydrogens (primary N) is 1. The fourth-order valence-corrected chi connectivity index (χ4v) is 1.86. The van der Waals surface area contributed by atoms with Gasteiger partial charge in [-0.1, -0.05) is 18.2 Å². The van der Waals surface area contributed by atoms with Gasteiger partial charge in [-0.3, -0.25) is 11.3 Å². The minimum atomic E-state index is -0.259. The topological polar surface area (TPSA) is 60.2 Å². The van der Waals surface area contributed by atoms with E-state index in [0.717, 1.165) is 11.1 Å². The number of aromatic nitrogens is 1. The van der Waals surface area contributed by atoms with E-state index in [-0.39, 0.29) is 11.9 Å². The highest BCUT2D eigenvalue weighted by Gasteiger charge is 2.11. The molecule has 1 heterocycles. The molecule has 0 saturated heterocycles. The van der Waals surface area contributed by atoms with Crippen molar-refractivity contribution in [1.82, 2.24) is 10.4 Å². The number of hydrazine groups is 1. The first-order valence-electron chi connectivity index (χ1n) is 5.93. The Morgan fingerprint density at radius 3 is 2.53 bits per heavy atom. The van der Waals surface area contributed by atoms with Gasteiger partial charge in [0.25, 0.3) is 0 Å². The van der Waals surface area contributed by atoms with Crippen LogP contribution in [0.2, 0.25) is 0 Å². The maximum absolute atomic E-state index is 12.9. The summed E-state index contributed by atoms with van der Waals surface area (Å²) in [6, 6.07) is 9.93. The van der Waals surface area contributed by atoms with Crippen molar-refractivity contribution in [3.05, 3.63) is 59.5 Å². The lowest BCUT2D eigenvalue weighted by Crippen LogP contribution is -2.29. The molecule has 2 aromatic rings. The van der Waals surface area contributed by atoms with Crippen LogP contribution in [0.3, 0.4) is 0 Å². The average molecular weight is 261 g/mol. The van der Waals surface area contributed by atoms with E-state index in [4.69, 9.17) is 10.6 Å². The van der Waals surface area contributed by atoms with Crippen molar-refractivity contribution < 1.29 is 9.13 Å². The van der Waals surface area contributed by atoms with Crippen molar-refractivity contribution in [2.45, 2.75) is 12.5 Å². The third-order valence-electron chi connectivity index (χ3n) is 2.92. The second kappa shape index (κ2) is 6.26. The van der Waals surface area contributed by atoms with Crippen LogP contribution >= 0.6 is 0 Å². The van der Waals surface area contributed by atoms with Crippen LogP contribution in [0.5, 0.6) is 5.88 Å². The van der Waals surface area contributed by atoms with Crippen LogP contribution in [0.15, 0.2) is 42.6 Å². The van der Waals surface area contributed by atoms with E-state index < -0.39 is 0 Å². The Bertz CT molecular complexity index is 513. The monoisotopic (exact) mass is 261 g/mol. The van der Waals surface area contributed by atoms with Gasteiger partial charge in [-0.25, -0.2) is 9.37 Å². The van der Waals surface area contributed by atoms with Gasteiger partial charge in [0.05, 0.1) is 13.2 Å². The van der Waals surface area contributed by atoms with E-state index in [1.165, 1.54) is 12.1 Å². The summed E-state index contributed by atoms with van der Waals surface area (Å²) in [5.74, 6) is 5.87. The molecular formula is C14H16FN3O. The van der Waals surface area contributed by atoms with Crippen LogP contribution in [-0.4, -0.2) is 12.1 Å². The molecule has 5 heteroatoms. The second-order valence-corrected chi connectivity index (χ2v) is 4.18. The van der Waals surface area contributed by atoms with E-state index in [0.29, 0.717) is 12.3 Å². The zero-order valence-corrected chi connectivity index (χ0v) is 10.6. The third-order valence-corrected chi connectivity index (χ3v) is 2.92. The number of methoxy groups -OCH3 is 1. The minimum Gasteiger partial charge on any atom is -0.481 e. The lowest BCUT2D eigenvalue weighted by atomic mass is 10.0. The zero-order chi connectivity index (χ0) is 13.7. The number of halogens is 1. The summed E-state index contributed by atoms with van der Waals surface area (Å²) in [6.07, 6.45) is 2.41. The molecule has 0 saturated carbocycles. The first kappa shape index (κ1) is 13.5. The maximum Gasteiger partial charge on any atom is 0.212 e. The Balaban J connectivity index is 2.11.